The van der Waals surface area contributed by atoms with Gasteiger partial charge >= 0.3 is 12.1 Å². The molecule has 0 aromatic heterocycles. The third-order valence-corrected chi connectivity index (χ3v) is 3.81. The van der Waals surface area contributed by atoms with E-state index in [-0.39, 0.29) is 24.4 Å². The van der Waals surface area contributed by atoms with Gasteiger partial charge in [-0.15, -0.1) is 0 Å². The molecule has 1 fully saturated rings. The minimum Gasteiger partial charge on any atom is -0.462 e. The van der Waals surface area contributed by atoms with Crippen molar-refractivity contribution in [3.8, 4) is 0 Å². The molecule has 1 aliphatic rings. The molecule has 0 aliphatic carbocycles. The summed E-state index contributed by atoms with van der Waals surface area (Å²) in [6, 6.07) is 5.04. The number of esters is 1. The highest BCUT2D eigenvalue weighted by Gasteiger charge is 2.31. The summed E-state index contributed by atoms with van der Waals surface area (Å²) in [6.45, 7) is 6.46. The Hall–Kier alpha value is -2.77. The summed E-state index contributed by atoms with van der Waals surface area (Å²) in [5.74, 6) is -0.304. The molecule has 1 heterocycles. The second kappa shape index (κ2) is 8.07. The first-order chi connectivity index (χ1) is 12.3. The first-order valence-electron chi connectivity index (χ1n) is 8.05. The first-order valence-corrected chi connectivity index (χ1v) is 8.05. The topological polar surface area (TPSA) is 65.4 Å². The lowest BCUT2D eigenvalue weighted by atomic mass is 10.1. The molecule has 1 saturated heterocycles. The molecule has 0 atom stereocenters. The lowest BCUT2D eigenvalue weighted by Crippen LogP contribution is -2.27. The van der Waals surface area contributed by atoms with Crippen LogP contribution in [-0.2, 0) is 22.3 Å². The summed E-state index contributed by atoms with van der Waals surface area (Å²) in [5, 5.41) is 11.0. The van der Waals surface area contributed by atoms with Gasteiger partial charge in [-0.1, -0.05) is 18.7 Å². The molecule has 2 rings (SSSR count). The Morgan fingerprint density at radius 1 is 1.46 bits per heavy atom. The number of hydrogen-bond acceptors (Lipinski definition) is 5. The van der Waals surface area contributed by atoms with E-state index in [1.165, 1.54) is 12.1 Å². The predicted octanol–water partition coefficient (Wildman–Crippen LogP) is 3.09. The first kappa shape index (κ1) is 19.6. The monoisotopic (exact) mass is 367 g/mol. The van der Waals surface area contributed by atoms with E-state index in [9.17, 15) is 18.0 Å². The van der Waals surface area contributed by atoms with Gasteiger partial charge in [0.05, 0.1) is 17.9 Å². The molecule has 1 aromatic rings. The summed E-state index contributed by atoms with van der Waals surface area (Å²) >= 11 is 0. The molecule has 8 heteroatoms. The van der Waals surface area contributed by atoms with Gasteiger partial charge in [0.1, 0.15) is 11.4 Å². The molecule has 0 saturated carbocycles. The summed E-state index contributed by atoms with van der Waals surface area (Å²) < 4.78 is 43.7. The zero-order valence-electron chi connectivity index (χ0n) is 14.3. The zero-order valence-corrected chi connectivity index (χ0v) is 14.3. The van der Waals surface area contributed by atoms with Crippen molar-refractivity contribution in [1.82, 2.24) is 10.2 Å². The van der Waals surface area contributed by atoms with Crippen LogP contribution in [-0.4, -0.2) is 36.3 Å². The molecule has 2 N–H and O–H groups in total. The van der Waals surface area contributed by atoms with Crippen molar-refractivity contribution >= 4 is 11.7 Å². The highest BCUT2D eigenvalue weighted by Crippen LogP contribution is 2.30. The largest absolute Gasteiger partial charge is 0.462 e. The molecule has 0 amide bonds. The lowest BCUT2D eigenvalue weighted by Gasteiger charge is -2.22. The third-order valence-electron chi connectivity index (χ3n) is 3.81. The number of allylic oxidation sites excluding steroid dienone is 1. The molecule has 1 aliphatic heterocycles. The van der Waals surface area contributed by atoms with Crippen molar-refractivity contribution < 1.29 is 22.7 Å². The van der Waals surface area contributed by atoms with E-state index in [4.69, 9.17) is 10.1 Å². The maximum absolute atomic E-state index is 12.9. The smallest absolute Gasteiger partial charge is 0.416 e. The van der Waals surface area contributed by atoms with Gasteiger partial charge in [-0.2, -0.15) is 13.2 Å². The SMILES string of the molecule is C=CC(=N)/C(C(=O)OCC)=C1\NCCN1Cc1cccc(C(F)(F)F)c1. The second-order valence-electron chi connectivity index (χ2n) is 5.61. The van der Waals surface area contributed by atoms with Crippen LogP contribution in [0.2, 0.25) is 0 Å². The fourth-order valence-corrected chi connectivity index (χ4v) is 2.64. The summed E-state index contributed by atoms with van der Waals surface area (Å²) in [6.07, 6.45) is -3.19. The molecule has 26 heavy (non-hydrogen) atoms. The van der Waals surface area contributed by atoms with Crippen LogP contribution < -0.4 is 5.32 Å². The van der Waals surface area contributed by atoms with Crippen molar-refractivity contribution in [2.75, 3.05) is 19.7 Å². The van der Waals surface area contributed by atoms with E-state index in [1.807, 2.05) is 0 Å². The molecule has 0 bridgehead atoms. The van der Waals surface area contributed by atoms with Crippen molar-refractivity contribution in [2.24, 2.45) is 0 Å². The average Bonchev–Trinajstić information content (AvgIpc) is 3.02. The number of carbonyl (C=O) groups excluding carboxylic acids is 1. The number of rotatable bonds is 6. The Morgan fingerprint density at radius 2 is 2.19 bits per heavy atom. The van der Waals surface area contributed by atoms with E-state index < -0.39 is 17.7 Å². The van der Waals surface area contributed by atoms with Crippen LogP contribution in [0.3, 0.4) is 0 Å². The molecule has 0 radical (unpaired) electrons. The van der Waals surface area contributed by atoms with Crippen molar-refractivity contribution in [3.05, 3.63) is 59.4 Å². The number of halogens is 3. The quantitative estimate of drug-likeness (QED) is 0.461. The predicted molar refractivity (Wildman–Crippen MR) is 91.4 cm³/mol. The minimum atomic E-state index is -4.42. The second-order valence-corrected chi connectivity index (χ2v) is 5.61. The normalized spacial score (nSPS) is 16.1. The average molecular weight is 367 g/mol. The minimum absolute atomic E-state index is 0.0197. The zero-order chi connectivity index (χ0) is 19.3. The maximum atomic E-state index is 12.9. The van der Waals surface area contributed by atoms with Crippen LogP contribution >= 0.6 is 0 Å². The van der Waals surface area contributed by atoms with Crippen molar-refractivity contribution in [2.45, 2.75) is 19.6 Å². The molecular formula is C18H20F3N3O2. The Bertz CT molecular complexity index is 741. The molecule has 140 valence electrons. The van der Waals surface area contributed by atoms with E-state index in [1.54, 1.807) is 17.9 Å². The van der Waals surface area contributed by atoms with Gasteiger partial charge in [0.2, 0.25) is 0 Å². The van der Waals surface area contributed by atoms with Gasteiger partial charge in [0, 0.05) is 19.6 Å². The third kappa shape index (κ3) is 4.44. The highest BCUT2D eigenvalue weighted by atomic mass is 19.4. The highest BCUT2D eigenvalue weighted by molar-refractivity contribution is 6.23. The van der Waals surface area contributed by atoms with E-state index in [2.05, 4.69) is 11.9 Å². The van der Waals surface area contributed by atoms with Gasteiger partial charge in [0.15, 0.2) is 0 Å². The van der Waals surface area contributed by atoms with Crippen LogP contribution in [0.1, 0.15) is 18.1 Å². The van der Waals surface area contributed by atoms with Crippen molar-refractivity contribution in [1.29, 1.82) is 5.41 Å². The number of nitrogens with one attached hydrogen (secondary N) is 2. The Kier molecular flexibility index (Phi) is 6.07. The number of ether oxygens (including phenoxy) is 1. The summed E-state index contributed by atoms with van der Waals surface area (Å²) in [7, 11) is 0. The molecule has 0 spiro atoms. The fourth-order valence-electron chi connectivity index (χ4n) is 2.64. The Labute approximate surface area is 149 Å². The van der Waals surface area contributed by atoms with Crippen LogP contribution in [0.5, 0.6) is 0 Å². The molecular weight excluding hydrogens is 347 g/mol. The molecule has 0 unspecified atom stereocenters. The van der Waals surface area contributed by atoms with Gasteiger partial charge < -0.3 is 15.0 Å². The summed E-state index contributed by atoms with van der Waals surface area (Å²) in [5.41, 5.74) is -0.361. The molecule has 1 aromatic carbocycles. The van der Waals surface area contributed by atoms with Gasteiger partial charge in [-0.05, 0) is 30.7 Å². The summed E-state index contributed by atoms with van der Waals surface area (Å²) in [4.78, 5) is 14.0. The number of alkyl halides is 3. The number of hydrogen-bond donors (Lipinski definition) is 2. The Balaban J connectivity index is 2.35. The van der Waals surface area contributed by atoms with Crippen LogP contribution in [0, 0.1) is 5.41 Å². The van der Waals surface area contributed by atoms with Crippen LogP contribution in [0.4, 0.5) is 13.2 Å². The number of nitrogens with zero attached hydrogens (tertiary/aromatic N) is 1. The Morgan fingerprint density at radius 3 is 2.81 bits per heavy atom. The van der Waals surface area contributed by atoms with Crippen LogP contribution in [0.25, 0.3) is 0 Å². The van der Waals surface area contributed by atoms with Gasteiger partial charge in [-0.25, -0.2) is 4.79 Å². The van der Waals surface area contributed by atoms with E-state index in [0.29, 0.717) is 24.5 Å². The van der Waals surface area contributed by atoms with Crippen LogP contribution in [0.15, 0.2) is 48.3 Å². The van der Waals surface area contributed by atoms with Gasteiger partial charge in [0.25, 0.3) is 0 Å². The van der Waals surface area contributed by atoms with E-state index >= 15 is 0 Å². The number of carbonyl (C=O) groups is 1. The van der Waals surface area contributed by atoms with Gasteiger partial charge in [-0.3, -0.25) is 5.41 Å². The maximum Gasteiger partial charge on any atom is 0.416 e. The fraction of sp³-hybridized carbons (Fsp3) is 0.333. The molecule has 5 nitrogen and oxygen atoms in total. The number of benzene rings is 1. The standard InChI is InChI=1S/C18H20F3N3O2/c1-3-14(22)15(17(25)26-4-2)16-23-8-9-24(16)11-12-6-5-7-13(10-12)18(19,20)21/h3,5-7,10,22-23H,1,4,8-9,11H2,2H3/b16-15-,22-14?. The van der Waals surface area contributed by atoms with Crippen molar-refractivity contribution in [3.63, 3.8) is 0 Å². The van der Waals surface area contributed by atoms with E-state index in [0.717, 1.165) is 12.1 Å². The lowest BCUT2D eigenvalue weighted by molar-refractivity contribution is -0.138.